The molecule has 0 aromatic heterocycles. The zero-order valence-corrected chi connectivity index (χ0v) is 64.1. The molecule has 19 heteroatoms. The number of rotatable bonds is 71. The average molecular weight is 1440 g/mol. The Bertz CT molecular complexity index is 2420. The van der Waals surface area contributed by atoms with Crippen molar-refractivity contribution in [1.29, 1.82) is 0 Å². The van der Waals surface area contributed by atoms with E-state index in [0.29, 0.717) is 38.5 Å². The number of phosphoric ester groups is 2. The largest absolute Gasteiger partial charge is 0.472 e. The monoisotopic (exact) mass is 1440 g/mol. The molecule has 0 aliphatic heterocycles. The Hall–Kier alpha value is -4.80. The third-order valence-electron chi connectivity index (χ3n) is 15.7. The zero-order chi connectivity index (χ0) is 73.2. The lowest BCUT2D eigenvalue weighted by molar-refractivity contribution is -0.161. The highest BCUT2D eigenvalue weighted by Gasteiger charge is 2.30. The minimum Gasteiger partial charge on any atom is -0.462 e. The fourth-order valence-corrected chi connectivity index (χ4v) is 11.4. The normalized spacial score (nSPS) is 14.7. The summed E-state index contributed by atoms with van der Waals surface area (Å²) in [4.78, 5) is 72.8. The lowest BCUT2D eigenvalue weighted by atomic mass is 10.0. The summed E-state index contributed by atoms with van der Waals surface area (Å²) >= 11 is 0. The first kappa shape index (κ1) is 95.2. The minimum atomic E-state index is -5.01. The van der Waals surface area contributed by atoms with E-state index in [2.05, 4.69) is 131 Å². The highest BCUT2D eigenvalue weighted by molar-refractivity contribution is 7.47. The molecular weight excluding hydrogens is 1310 g/mol. The third-order valence-corrected chi connectivity index (χ3v) is 17.6. The number of aliphatic hydroxyl groups is 1. The summed E-state index contributed by atoms with van der Waals surface area (Å²) in [5.74, 6) is -2.34. The summed E-state index contributed by atoms with van der Waals surface area (Å²) in [6.45, 7) is 4.49. The van der Waals surface area contributed by atoms with Gasteiger partial charge in [-0.15, -0.1) is 0 Å². The second-order valence-electron chi connectivity index (χ2n) is 25.2. The number of aliphatic hydroxyl groups excluding tert-OH is 1. The molecule has 0 amide bonds. The maximum Gasteiger partial charge on any atom is 0.472 e. The van der Waals surface area contributed by atoms with Crippen LogP contribution in [0.5, 0.6) is 0 Å². The maximum absolute atomic E-state index is 13.1. The van der Waals surface area contributed by atoms with Gasteiger partial charge in [-0.2, -0.15) is 0 Å². The Kier molecular flexibility index (Phi) is 69.1. The molecule has 0 aromatic carbocycles. The van der Waals surface area contributed by atoms with E-state index in [0.717, 1.165) is 109 Å². The van der Waals surface area contributed by atoms with Gasteiger partial charge >= 0.3 is 39.5 Å². The fraction of sp³-hybridized carbons (Fsp3) is 0.679. The van der Waals surface area contributed by atoms with Crippen LogP contribution in [0.4, 0.5) is 0 Å². The summed E-state index contributed by atoms with van der Waals surface area (Å²) in [5.41, 5.74) is 0. The molecule has 17 nitrogen and oxygen atoms in total. The number of phosphoric acid groups is 2. The molecule has 0 saturated heterocycles. The number of hydrogen-bond donors (Lipinski definition) is 3. The van der Waals surface area contributed by atoms with E-state index in [-0.39, 0.29) is 25.7 Å². The van der Waals surface area contributed by atoms with Gasteiger partial charge in [-0.3, -0.25) is 37.3 Å². The molecule has 0 aliphatic rings. The quantitative estimate of drug-likeness (QED) is 0.0169. The van der Waals surface area contributed by atoms with Crippen LogP contribution in [-0.2, 0) is 65.4 Å². The summed E-state index contributed by atoms with van der Waals surface area (Å²) in [5, 5.41) is 10.6. The molecule has 572 valence electrons. The van der Waals surface area contributed by atoms with Gasteiger partial charge in [-0.05, 0) is 103 Å². The molecule has 5 unspecified atom stereocenters. The third kappa shape index (κ3) is 71.6. The second-order valence-corrected chi connectivity index (χ2v) is 28.1. The lowest BCUT2D eigenvalue weighted by Crippen LogP contribution is -2.30. The van der Waals surface area contributed by atoms with Crippen molar-refractivity contribution >= 4 is 39.5 Å². The first-order valence-corrected chi connectivity index (χ1v) is 41.4. The van der Waals surface area contributed by atoms with E-state index < -0.39 is 97.5 Å². The van der Waals surface area contributed by atoms with Crippen molar-refractivity contribution in [1.82, 2.24) is 0 Å². The van der Waals surface area contributed by atoms with Crippen molar-refractivity contribution in [3.63, 3.8) is 0 Å². The maximum atomic E-state index is 13.1. The molecule has 0 spiro atoms. The molecule has 0 fully saturated rings. The molecule has 100 heavy (non-hydrogen) atoms. The number of carbonyl (C=O) groups excluding carboxylic acids is 4. The van der Waals surface area contributed by atoms with Crippen LogP contribution in [0.25, 0.3) is 0 Å². The Morgan fingerprint density at radius 1 is 0.290 bits per heavy atom. The topological polar surface area (TPSA) is 237 Å². The van der Waals surface area contributed by atoms with Crippen LogP contribution >= 0.6 is 15.6 Å². The smallest absolute Gasteiger partial charge is 0.462 e. The number of carbonyl (C=O) groups is 4. The van der Waals surface area contributed by atoms with Crippen LogP contribution in [0.1, 0.15) is 297 Å². The Labute approximate surface area is 605 Å². The van der Waals surface area contributed by atoms with Crippen LogP contribution in [-0.4, -0.2) is 96.7 Å². The van der Waals surface area contributed by atoms with Crippen LogP contribution in [0.2, 0.25) is 0 Å². The first-order chi connectivity index (χ1) is 48.7. The fourth-order valence-electron chi connectivity index (χ4n) is 9.87. The van der Waals surface area contributed by atoms with Crippen molar-refractivity contribution in [3.05, 3.63) is 134 Å². The number of unbranched alkanes of at least 4 members (excludes halogenated alkanes) is 23. The van der Waals surface area contributed by atoms with Gasteiger partial charge in [-0.25, -0.2) is 9.13 Å². The predicted molar refractivity (Wildman–Crippen MR) is 408 cm³/mol. The first-order valence-electron chi connectivity index (χ1n) is 38.4. The van der Waals surface area contributed by atoms with Gasteiger partial charge in [0.15, 0.2) is 12.2 Å². The molecule has 0 bridgehead atoms. The Morgan fingerprint density at radius 3 is 0.860 bits per heavy atom. The molecule has 5 atom stereocenters. The summed E-state index contributed by atoms with van der Waals surface area (Å²) < 4.78 is 68.3. The van der Waals surface area contributed by atoms with Gasteiger partial charge < -0.3 is 33.8 Å². The minimum absolute atomic E-state index is 0.00234. The number of hydrogen-bond acceptors (Lipinski definition) is 15. The van der Waals surface area contributed by atoms with Crippen LogP contribution < -0.4 is 0 Å². The highest BCUT2D eigenvalue weighted by Crippen LogP contribution is 2.45. The van der Waals surface area contributed by atoms with Crippen molar-refractivity contribution in [2.75, 3.05) is 39.6 Å². The molecule has 0 aliphatic carbocycles. The van der Waals surface area contributed by atoms with E-state index in [1.807, 2.05) is 30.4 Å². The van der Waals surface area contributed by atoms with Gasteiger partial charge in [-0.1, -0.05) is 303 Å². The van der Waals surface area contributed by atoms with Gasteiger partial charge in [0.1, 0.15) is 19.3 Å². The van der Waals surface area contributed by atoms with E-state index in [1.165, 1.54) is 96.3 Å². The molecule has 0 saturated carbocycles. The van der Waals surface area contributed by atoms with E-state index in [9.17, 15) is 43.2 Å². The standard InChI is InChI=1S/C81H136O17P2/c1-5-9-13-17-21-25-29-32-34-36-37-39-40-43-47-50-54-58-62-66-79(84)92-72-77(98-81(86)68-64-60-56-52-48-44-41-38-35-33-30-26-22-18-14-10-6-2)74-96-100(89,90)94-70-75(82)69-93-99(87,88)95-73-76(97-80(85)67-63-59-55-51-45-28-24-20-16-12-8-4)71-91-78(83)65-61-57-53-49-46-42-31-27-23-19-15-11-7-3/h9-10,13-14,21-22,25-26,32-35,37,39,41,43-44,47,52,54,56,58,75-77,82H,5-8,11-12,15-20,23-24,27-31,36,38,40,42,45-46,48-51,53,55,57,59-74H2,1-4H3,(H,87,88)(H,89,90)/b13-9-,14-10-,25-21-,26-22-,34-32-,35-33-,39-37-,44-41-,47-43-,56-52-,58-54-. The number of allylic oxidation sites excluding steroid dienone is 22. The summed E-state index contributed by atoms with van der Waals surface area (Å²) in [7, 11) is -9.99. The summed E-state index contributed by atoms with van der Waals surface area (Å²) in [6, 6.07) is 0. The van der Waals surface area contributed by atoms with Crippen LogP contribution in [0.3, 0.4) is 0 Å². The predicted octanol–water partition coefficient (Wildman–Crippen LogP) is 22.1. The van der Waals surface area contributed by atoms with Gasteiger partial charge in [0.05, 0.1) is 26.4 Å². The van der Waals surface area contributed by atoms with Crippen molar-refractivity contribution in [2.45, 2.75) is 316 Å². The molecule has 0 heterocycles. The van der Waals surface area contributed by atoms with Gasteiger partial charge in [0, 0.05) is 25.7 Å². The molecule has 0 rings (SSSR count). The van der Waals surface area contributed by atoms with Gasteiger partial charge in [0.2, 0.25) is 0 Å². The lowest BCUT2D eigenvalue weighted by Gasteiger charge is -2.21. The van der Waals surface area contributed by atoms with E-state index in [1.54, 1.807) is 0 Å². The molecule has 0 aromatic rings. The van der Waals surface area contributed by atoms with E-state index in [4.69, 9.17) is 37.0 Å². The van der Waals surface area contributed by atoms with Crippen LogP contribution in [0.15, 0.2) is 134 Å². The van der Waals surface area contributed by atoms with Crippen molar-refractivity contribution < 1.29 is 80.2 Å². The molecular formula is C81H136O17P2. The summed E-state index contributed by atoms with van der Waals surface area (Å²) in [6.07, 6.45) is 80.4. The second kappa shape index (κ2) is 72.5. The zero-order valence-electron chi connectivity index (χ0n) is 62.3. The molecule has 3 N–H and O–H groups in total. The number of esters is 4. The SMILES string of the molecule is CC/C=C\C/C=C\C/C=C\C/C=C\C/C=C\C/C=C\CCC(=O)OCC(COP(=O)(O)OCC(O)COP(=O)(O)OCC(COC(=O)CCCCCCCCCCCCCCC)OC(=O)CCCCCCCCCCCCC)OC(=O)CCC/C=C\C/C=C\C/C=C\C/C=C\C/C=C\CC. The van der Waals surface area contributed by atoms with E-state index >= 15 is 0 Å². The van der Waals surface area contributed by atoms with Crippen LogP contribution in [0, 0.1) is 0 Å². The van der Waals surface area contributed by atoms with Gasteiger partial charge in [0.25, 0.3) is 0 Å². The van der Waals surface area contributed by atoms with Crippen molar-refractivity contribution in [2.24, 2.45) is 0 Å². The Balaban J connectivity index is 5.45. The number of ether oxygens (including phenoxy) is 4. The highest BCUT2D eigenvalue weighted by atomic mass is 31.2. The Morgan fingerprint density at radius 2 is 0.540 bits per heavy atom. The molecule has 0 radical (unpaired) electrons. The average Bonchev–Trinajstić information content (AvgIpc) is 0.930. The van der Waals surface area contributed by atoms with Crippen molar-refractivity contribution in [3.8, 4) is 0 Å².